The van der Waals surface area contributed by atoms with Gasteiger partial charge in [-0.25, -0.2) is 0 Å². The number of para-hydroxylation sites is 1. The van der Waals surface area contributed by atoms with Crippen LogP contribution in [0.5, 0.6) is 0 Å². The van der Waals surface area contributed by atoms with Gasteiger partial charge >= 0.3 is 0 Å². The predicted molar refractivity (Wildman–Crippen MR) is 83.2 cm³/mol. The van der Waals surface area contributed by atoms with E-state index in [-0.39, 0.29) is 0 Å². The first-order chi connectivity index (χ1) is 10.3. The Bertz CT molecular complexity index is 587. The number of hydrogen-bond acceptors (Lipinski definition) is 5. The van der Waals surface area contributed by atoms with Crippen LogP contribution in [0.25, 0.3) is 11.5 Å². The molecule has 1 N–H and O–H groups in total. The fraction of sp³-hybridized carbons (Fsp3) is 0.500. The van der Waals surface area contributed by atoms with Crippen molar-refractivity contribution in [2.45, 2.75) is 32.7 Å². The first-order valence-electron chi connectivity index (χ1n) is 7.64. The number of benzene rings is 1. The molecule has 1 saturated heterocycles. The standard InChI is InChI=1S/C16H22N4O/c1-3-20-10-8-13(9-11-20)17-15-7-5-4-6-14(15)16-19-18-12(2)21-16/h4-7,13,17H,3,8-11H2,1-2H3. The first kappa shape index (κ1) is 14.1. The summed E-state index contributed by atoms with van der Waals surface area (Å²) >= 11 is 0. The number of nitrogens with one attached hydrogen (secondary N) is 1. The van der Waals surface area contributed by atoms with Crippen molar-refractivity contribution < 1.29 is 4.42 Å². The van der Waals surface area contributed by atoms with Gasteiger partial charge in [-0.3, -0.25) is 0 Å². The molecule has 0 spiro atoms. The molecule has 1 aromatic heterocycles. The summed E-state index contributed by atoms with van der Waals surface area (Å²) in [5.74, 6) is 1.18. The van der Waals surface area contributed by atoms with Crippen molar-refractivity contribution in [1.82, 2.24) is 15.1 Å². The summed E-state index contributed by atoms with van der Waals surface area (Å²) in [6.07, 6.45) is 2.34. The Hall–Kier alpha value is -1.88. The molecule has 1 aliphatic heterocycles. The quantitative estimate of drug-likeness (QED) is 0.936. The highest BCUT2D eigenvalue weighted by atomic mass is 16.4. The average Bonchev–Trinajstić information content (AvgIpc) is 2.95. The Morgan fingerprint density at radius 1 is 1.24 bits per heavy atom. The molecule has 2 heterocycles. The third-order valence-corrected chi connectivity index (χ3v) is 4.08. The molecule has 5 heteroatoms. The SMILES string of the molecule is CCN1CCC(Nc2ccccc2-c2nnc(C)o2)CC1. The minimum atomic E-state index is 0.512. The van der Waals surface area contributed by atoms with E-state index in [0.29, 0.717) is 17.8 Å². The highest BCUT2D eigenvalue weighted by Gasteiger charge is 2.19. The molecule has 0 radical (unpaired) electrons. The molecule has 2 aromatic rings. The maximum atomic E-state index is 5.56. The second kappa shape index (κ2) is 6.26. The fourth-order valence-electron chi connectivity index (χ4n) is 2.81. The van der Waals surface area contributed by atoms with E-state index >= 15 is 0 Å². The average molecular weight is 286 g/mol. The van der Waals surface area contributed by atoms with Gasteiger partial charge in [-0.15, -0.1) is 10.2 Å². The minimum Gasteiger partial charge on any atom is -0.421 e. The molecule has 1 aliphatic rings. The van der Waals surface area contributed by atoms with Crippen molar-refractivity contribution >= 4 is 5.69 Å². The van der Waals surface area contributed by atoms with Crippen LogP contribution in [0.2, 0.25) is 0 Å². The molecule has 0 saturated carbocycles. The zero-order valence-corrected chi connectivity index (χ0v) is 12.7. The molecule has 0 amide bonds. The molecule has 0 unspecified atom stereocenters. The van der Waals surface area contributed by atoms with E-state index in [4.69, 9.17) is 4.42 Å². The minimum absolute atomic E-state index is 0.512. The lowest BCUT2D eigenvalue weighted by molar-refractivity contribution is 0.229. The Morgan fingerprint density at radius 2 is 2.00 bits per heavy atom. The van der Waals surface area contributed by atoms with Crippen molar-refractivity contribution in [2.24, 2.45) is 0 Å². The normalized spacial score (nSPS) is 17.0. The number of aryl methyl sites for hydroxylation is 1. The molecule has 112 valence electrons. The molecule has 0 atom stereocenters. The Kier molecular flexibility index (Phi) is 4.20. The third-order valence-electron chi connectivity index (χ3n) is 4.08. The molecule has 5 nitrogen and oxygen atoms in total. The van der Waals surface area contributed by atoms with Gasteiger partial charge in [0.05, 0.1) is 5.56 Å². The zero-order chi connectivity index (χ0) is 14.7. The lowest BCUT2D eigenvalue weighted by Gasteiger charge is -2.32. The van der Waals surface area contributed by atoms with Gasteiger partial charge < -0.3 is 14.6 Å². The predicted octanol–water partition coefficient (Wildman–Crippen LogP) is 2.94. The van der Waals surface area contributed by atoms with E-state index in [9.17, 15) is 0 Å². The Morgan fingerprint density at radius 3 is 2.67 bits per heavy atom. The topological polar surface area (TPSA) is 54.2 Å². The molecular formula is C16H22N4O. The number of rotatable bonds is 4. The fourth-order valence-corrected chi connectivity index (χ4v) is 2.81. The van der Waals surface area contributed by atoms with Gasteiger partial charge in [-0.05, 0) is 31.5 Å². The van der Waals surface area contributed by atoms with Crippen molar-refractivity contribution in [1.29, 1.82) is 0 Å². The summed E-state index contributed by atoms with van der Waals surface area (Å²) in [5, 5.41) is 11.7. The van der Waals surface area contributed by atoms with E-state index in [1.807, 2.05) is 25.1 Å². The van der Waals surface area contributed by atoms with Gasteiger partial charge in [-0.1, -0.05) is 19.1 Å². The van der Waals surface area contributed by atoms with Crippen molar-refractivity contribution in [3.05, 3.63) is 30.2 Å². The summed E-state index contributed by atoms with van der Waals surface area (Å²) in [5.41, 5.74) is 2.06. The van der Waals surface area contributed by atoms with Gasteiger partial charge in [0.15, 0.2) is 0 Å². The largest absolute Gasteiger partial charge is 0.421 e. The molecule has 3 rings (SSSR count). The molecular weight excluding hydrogens is 264 g/mol. The monoisotopic (exact) mass is 286 g/mol. The summed E-state index contributed by atoms with van der Waals surface area (Å²) in [6, 6.07) is 8.66. The first-order valence-corrected chi connectivity index (χ1v) is 7.64. The lowest BCUT2D eigenvalue weighted by Crippen LogP contribution is -2.38. The molecule has 1 aromatic carbocycles. The zero-order valence-electron chi connectivity index (χ0n) is 12.7. The molecule has 1 fully saturated rings. The van der Waals surface area contributed by atoms with Gasteiger partial charge in [0, 0.05) is 31.7 Å². The summed E-state index contributed by atoms with van der Waals surface area (Å²) in [7, 11) is 0. The van der Waals surface area contributed by atoms with E-state index in [1.54, 1.807) is 0 Å². The number of hydrogen-bond donors (Lipinski definition) is 1. The second-order valence-electron chi connectivity index (χ2n) is 5.52. The van der Waals surface area contributed by atoms with Crippen LogP contribution in [0.1, 0.15) is 25.7 Å². The van der Waals surface area contributed by atoms with Gasteiger partial charge in [0.25, 0.3) is 0 Å². The highest BCUT2D eigenvalue weighted by molar-refractivity contribution is 5.72. The Balaban J connectivity index is 1.74. The second-order valence-corrected chi connectivity index (χ2v) is 5.52. The van der Waals surface area contributed by atoms with E-state index in [2.05, 4.69) is 33.4 Å². The van der Waals surface area contributed by atoms with Crippen LogP contribution in [0.15, 0.2) is 28.7 Å². The van der Waals surface area contributed by atoms with Crippen LogP contribution in [0.4, 0.5) is 5.69 Å². The van der Waals surface area contributed by atoms with Crippen LogP contribution < -0.4 is 5.32 Å². The van der Waals surface area contributed by atoms with Gasteiger partial charge in [-0.2, -0.15) is 0 Å². The number of likely N-dealkylation sites (tertiary alicyclic amines) is 1. The molecule has 21 heavy (non-hydrogen) atoms. The molecule has 0 aliphatic carbocycles. The number of piperidine rings is 1. The number of aromatic nitrogens is 2. The summed E-state index contributed by atoms with van der Waals surface area (Å²) < 4.78 is 5.56. The van der Waals surface area contributed by atoms with Gasteiger partial charge in [0.2, 0.25) is 11.8 Å². The number of nitrogens with zero attached hydrogens (tertiary/aromatic N) is 3. The maximum Gasteiger partial charge on any atom is 0.249 e. The van der Waals surface area contributed by atoms with E-state index < -0.39 is 0 Å². The number of anilines is 1. The molecule has 0 bridgehead atoms. The Labute approximate surface area is 125 Å². The van der Waals surface area contributed by atoms with E-state index in [0.717, 1.165) is 30.9 Å². The van der Waals surface area contributed by atoms with E-state index in [1.165, 1.54) is 12.8 Å². The third kappa shape index (κ3) is 3.24. The van der Waals surface area contributed by atoms with Crippen LogP contribution in [-0.4, -0.2) is 40.8 Å². The van der Waals surface area contributed by atoms with Crippen molar-refractivity contribution in [3.8, 4) is 11.5 Å². The summed E-state index contributed by atoms with van der Waals surface area (Å²) in [4.78, 5) is 2.49. The van der Waals surface area contributed by atoms with Crippen LogP contribution in [0, 0.1) is 6.92 Å². The maximum absolute atomic E-state index is 5.56. The smallest absolute Gasteiger partial charge is 0.249 e. The highest BCUT2D eigenvalue weighted by Crippen LogP contribution is 2.28. The van der Waals surface area contributed by atoms with Crippen molar-refractivity contribution in [3.63, 3.8) is 0 Å². The lowest BCUT2D eigenvalue weighted by atomic mass is 10.0. The summed E-state index contributed by atoms with van der Waals surface area (Å²) in [6.45, 7) is 7.50. The van der Waals surface area contributed by atoms with Gasteiger partial charge in [0.1, 0.15) is 0 Å². The van der Waals surface area contributed by atoms with Crippen molar-refractivity contribution in [2.75, 3.05) is 25.0 Å². The van der Waals surface area contributed by atoms with Crippen LogP contribution >= 0.6 is 0 Å². The van der Waals surface area contributed by atoms with Crippen LogP contribution in [-0.2, 0) is 0 Å². The van der Waals surface area contributed by atoms with Crippen LogP contribution in [0.3, 0.4) is 0 Å².